The lowest BCUT2D eigenvalue weighted by Crippen LogP contribution is -2.12. The third-order valence-corrected chi connectivity index (χ3v) is 3.79. The predicted molar refractivity (Wildman–Crippen MR) is 70.5 cm³/mol. The van der Waals surface area contributed by atoms with Crippen LogP contribution in [-0.4, -0.2) is 20.9 Å². The molecule has 2 aromatic rings. The Kier molecular flexibility index (Phi) is 3.99. The van der Waals surface area contributed by atoms with Crippen LogP contribution in [0.1, 0.15) is 21.6 Å². The molecule has 1 aromatic heterocycles. The molecule has 1 aromatic carbocycles. The van der Waals surface area contributed by atoms with Crippen LogP contribution in [0.4, 0.5) is 13.2 Å². The van der Waals surface area contributed by atoms with Gasteiger partial charge in [-0.25, -0.2) is 4.79 Å². The highest BCUT2D eigenvalue weighted by atomic mass is 32.2. The number of halogens is 3. The van der Waals surface area contributed by atoms with Crippen molar-refractivity contribution in [3.05, 3.63) is 41.1 Å². The summed E-state index contributed by atoms with van der Waals surface area (Å²) in [5.41, 5.74) is -1.16. The Morgan fingerprint density at radius 1 is 1.33 bits per heavy atom. The minimum absolute atomic E-state index is 0.301. The topological polar surface area (TPSA) is 55.1 Å². The Labute approximate surface area is 122 Å². The molecule has 0 spiro atoms. The van der Waals surface area contributed by atoms with E-state index in [0.29, 0.717) is 9.92 Å². The Hall–Kier alpha value is -1.96. The van der Waals surface area contributed by atoms with Gasteiger partial charge in [-0.3, -0.25) is 4.68 Å². The van der Waals surface area contributed by atoms with Crippen LogP contribution in [-0.2, 0) is 13.2 Å². The fourth-order valence-corrected chi connectivity index (χ4v) is 2.77. The second-order valence-corrected chi connectivity index (χ2v) is 5.45. The Balaban J connectivity index is 2.43. The van der Waals surface area contributed by atoms with Crippen LogP contribution < -0.4 is 0 Å². The van der Waals surface area contributed by atoms with Crippen LogP contribution in [0.3, 0.4) is 0 Å². The third-order valence-electron chi connectivity index (χ3n) is 2.71. The maximum absolute atomic E-state index is 12.9. The van der Waals surface area contributed by atoms with Crippen molar-refractivity contribution in [1.29, 1.82) is 0 Å². The summed E-state index contributed by atoms with van der Waals surface area (Å²) >= 11 is 1.09. The lowest BCUT2D eigenvalue weighted by molar-refractivity contribution is -0.138. The van der Waals surface area contributed by atoms with Crippen molar-refractivity contribution >= 4 is 17.7 Å². The summed E-state index contributed by atoms with van der Waals surface area (Å²) in [4.78, 5) is 11.2. The second kappa shape index (κ2) is 5.44. The highest BCUT2D eigenvalue weighted by Gasteiger charge is 2.35. The monoisotopic (exact) mass is 316 g/mol. The number of aromatic nitrogens is 2. The van der Waals surface area contributed by atoms with Gasteiger partial charge >= 0.3 is 12.1 Å². The molecule has 0 aliphatic rings. The summed E-state index contributed by atoms with van der Waals surface area (Å²) in [6.07, 6.45) is -4.72. The molecule has 0 radical (unpaired) electrons. The van der Waals surface area contributed by atoms with Gasteiger partial charge in [0, 0.05) is 11.9 Å². The van der Waals surface area contributed by atoms with E-state index < -0.39 is 23.3 Å². The van der Waals surface area contributed by atoms with Crippen molar-refractivity contribution in [2.75, 3.05) is 0 Å². The number of hydrogen-bond acceptors (Lipinski definition) is 3. The Morgan fingerprint density at radius 3 is 2.48 bits per heavy atom. The summed E-state index contributed by atoms with van der Waals surface area (Å²) in [5, 5.41) is 13.6. The lowest BCUT2D eigenvalue weighted by atomic mass is 10.1. The SMILES string of the molecule is Cc1cc(Sc2ccc(C(=O)O)c(C(F)(F)F)c2)n(C)n1. The van der Waals surface area contributed by atoms with E-state index in [9.17, 15) is 18.0 Å². The minimum Gasteiger partial charge on any atom is -0.478 e. The largest absolute Gasteiger partial charge is 0.478 e. The molecule has 0 saturated carbocycles. The number of rotatable bonds is 3. The molecule has 0 fully saturated rings. The summed E-state index contributed by atoms with van der Waals surface area (Å²) < 4.78 is 40.3. The number of carbonyl (C=O) groups is 1. The first-order valence-corrected chi connectivity index (χ1v) is 6.63. The fourth-order valence-electron chi connectivity index (χ4n) is 1.81. The summed E-state index contributed by atoms with van der Waals surface area (Å²) in [6.45, 7) is 1.78. The summed E-state index contributed by atoms with van der Waals surface area (Å²) in [7, 11) is 1.69. The van der Waals surface area contributed by atoms with Crippen LogP contribution in [0.25, 0.3) is 0 Å². The van der Waals surface area contributed by atoms with Gasteiger partial charge in [0.2, 0.25) is 0 Å². The number of carboxylic acid groups (broad SMARTS) is 1. The number of aromatic carboxylic acids is 1. The van der Waals surface area contributed by atoms with E-state index in [0.717, 1.165) is 29.6 Å². The van der Waals surface area contributed by atoms with E-state index in [2.05, 4.69) is 5.10 Å². The smallest absolute Gasteiger partial charge is 0.417 e. The lowest BCUT2D eigenvalue weighted by Gasteiger charge is -2.12. The Morgan fingerprint density at radius 2 is 2.00 bits per heavy atom. The Bertz CT molecular complexity index is 695. The first-order chi connectivity index (χ1) is 9.68. The second-order valence-electron chi connectivity index (χ2n) is 4.36. The molecule has 112 valence electrons. The number of aryl methyl sites for hydroxylation is 2. The summed E-state index contributed by atoms with van der Waals surface area (Å²) in [5.74, 6) is -1.60. The van der Waals surface area contributed by atoms with Gasteiger partial charge < -0.3 is 5.11 Å². The molecule has 8 heteroatoms. The molecule has 4 nitrogen and oxygen atoms in total. The van der Waals surface area contributed by atoms with Crippen LogP contribution in [0.15, 0.2) is 34.2 Å². The van der Waals surface area contributed by atoms with Crippen molar-refractivity contribution in [2.24, 2.45) is 7.05 Å². The fraction of sp³-hybridized carbons (Fsp3) is 0.231. The standard InChI is InChI=1S/C13H11F3N2O2S/c1-7-5-11(18(2)17-7)21-8-3-4-9(12(19)20)10(6-8)13(14,15)16/h3-6H,1-2H3,(H,19,20). The van der Waals surface area contributed by atoms with Crippen LogP contribution >= 0.6 is 11.8 Å². The number of carboxylic acids is 1. The van der Waals surface area contributed by atoms with E-state index in [1.54, 1.807) is 24.7 Å². The molecule has 0 aliphatic carbocycles. The molecule has 1 N–H and O–H groups in total. The predicted octanol–water partition coefficient (Wildman–Crippen LogP) is 3.60. The van der Waals surface area contributed by atoms with Crippen LogP contribution in [0.5, 0.6) is 0 Å². The average Bonchev–Trinajstić information content (AvgIpc) is 2.66. The normalized spacial score (nSPS) is 11.7. The molecule has 0 saturated heterocycles. The van der Waals surface area contributed by atoms with Crippen LogP contribution in [0, 0.1) is 6.92 Å². The zero-order chi connectivity index (χ0) is 15.8. The van der Waals surface area contributed by atoms with E-state index in [-0.39, 0.29) is 0 Å². The minimum atomic E-state index is -4.72. The van der Waals surface area contributed by atoms with E-state index >= 15 is 0 Å². The van der Waals surface area contributed by atoms with Crippen molar-refractivity contribution in [1.82, 2.24) is 9.78 Å². The summed E-state index contributed by atoms with van der Waals surface area (Å²) in [6, 6.07) is 4.90. The van der Waals surface area contributed by atoms with Gasteiger partial charge in [-0.1, -0.05) is 11.8 Å². The molecular formula is C13H11F3N2O2S. The maximum Gasteiger partial charge on any atom is 0.417 e. The zero-order valence-electron chi connectivity index (χ0n) is 11.1. The van der Waals surface area contributed by atoms with E-state index in [1.165, 1.54) is 6.07 Å². The average molecular weight is 316 g/mol. The van der Waals surface area contributed by atoms with Crippen molar-refractivity contribution in [3.63, 3.8) is 0 Å². The van der Waals surface area contributed by atoms with Gasteiger partial charge in [-0.2, -0.15) is 18.3 Å². The third kappa shape index (κ3) is 3.38. The van der Waals surface area contributed by atoms with Crippen molar-refractivity contribution in [2.45, 2.75) is 23.0 Å². The highest BCUT2D eigenvalue weighted by Crippen LogP contribution is 2.36. The molecule has 0 unspecified atom stereocenters. The number of nitrogens with zero attached hydrogens (tertiary/aromatic N) is 2. The molecule has 1 heterocycles. The van der Waals surface area contributed by atoms with Gasteiger partial charge in [-0.05, 0) is 31.2 Å². The van der Waals surface area contributed by atoms with Gasteiger partial charge in [0.1, 0.15) is 0 Å². The molecule has 0 amide bonds. The molecule has 0 atom stereocenters. The van der Waals surface area contributed by atoms with E-state index in [4.69, 9.17) is 5.11 Å². The van der Waals surface area contributed by atoms with Gasteiger partial charge in [-0.15, -0.1) is 0 Å². The van der Waals surface area contributed by atoms with Gasteiger partial charge in [0.25, 0.3) is 0 Å². The molecule has 21 heavy (non-hydrogen) atoms. The van der Waals surface area contributed by atoms with E-state index in [1.807, 2.05) is 0 Å². The van der Waals surface area contributed by atoms with Gasteiger partial charge in [0.05, 0.1) is 21.8 Å². The molecular weight excluding hydrogens is 305 g/mol. The number of alkyl halides is 3. The van der Waals surface area contributed by atoms with Crippen molar-refractivity contribution in [3.8, 4) is 0 Å². The molecule has 0 bridgehead atoms. The quantitative estimate of drug-likeness (QED) is 0.940. The van der Waals surface area contributed by atoms with Gasteiger partial charge in [0.15, 0.2) is 0 Å². The van der Waals surface area contributed by atoms with Crippen LogP contribution in [0.2, 0.25) is 0 Å². The molecule has 0 aliphatic heterocycles. The zero-order valence-corrected chi connectivity index (χ0v) is 11.9. The van der Waals surface area contributed by atoms with Crippen molar-refractivity contribution < 1.29 is 23.1 Å². The maximum atomic E-state index is 12.9. The first-order valence-electron chi connectivity index (χ1n) is 5.81. The number of benzene rings is 1. The molecule has 2 rings (SSSR count). The number of hydrogen-bond donors (Lipinski definition) is 1. The highest BCUT2D eigenvalue weighted by molar-refractivity contribution is 7.99. The first kappa shape index (κ1) is 15.4.